The van der Waals surface area contributed by atoms with Gasteiger partial charge in [0.2, 0.25) is 0 Å². The second-order valence-corrected chi connectivity index (χ2v) is 7.61. The van der Waals surface area contributed by atoms with E-state index in [-0.39, 0.29) is 5.57 Å². The van der Waals surface area contributed by atoms with Crippen LogP contribution in [0.4, 0.5) is 10.5 Å². The molecular weight excluding hydrogens is 406 g/mol. The molecule has 0 unspecified atom stereocenters. The van der Waals surface area contributed by atoms with E-state index in [1.807, 2.05) is 67.8 Å². The number of carbonyl (C=O) groups excluding carboxylic acids is 3. The van der Waals surface area contributed by atoms with Crippen LogP contribution in [0.5, 0.6) is 5.75 Å². The Bertz CT molecular complexity index is 1270. The molecule has 4 amide bonds. The fourth-order valence-corrected chi connectivity index (χ4v) is 3.76. The normalized spacial score (nSPS) is 15.3. The van der Waals surface area contributed by atoms with Gasteiger partial charge in [-0.3, -0.25) is 14.9 Å². The Balaban J connectivity index is 1.78. The van der Waals surface area contributed by atoms with Crippen LogP contribution in [0, 0.1) is 20.8 Å². The minimum absolute atomic E-state index is 0.113. The van der Waals surface area contributed by atoms with Crippen molar-refractivity contribution in [1.29, 1.82) is 0 Å². The number of hydrogen-bond donors (Lipinski definition) is 1. The van der Waals surface area contributed by atoms with Crippen molar-refractivity contribution < 1.29 is 19.1 Å². The highest BCUT2D eigenvalue weighted by atomic mass is 16.5. The Morgan fingerprint density at radius 3 is 2.31 bits per heavy atom. The van der Waals surface area contributed by atoms with Crippen LogP contribution < -0.4 is 15.0 Å². The highest BCUT2D eigenvalue weighted by molar-refractivity contribution is 6.39. The van der Waals surface area contributed by atoms with Gasteiger partial charge in [0.15, 0.2) is 0 Å². The van der Waals surface area contributed by atoms with E-state index in [2.05, 4.69) is 5.32 Å². The summed E-state index contributed by atoms with van der Waals surface area (Å²) in [4.78, 5) is 39.5. The molecule has 7 heteroatoms. The van der Waals surface area contributed by atoms with Gasteiger partial charge in [0.25, 0.3) is 11.8 Å². The van der Waals surface area contributed by atoms with Gasteiger partial charge >= 0.3 is 6.03 Å². The van der Waals surface area contributed by atoms with Crippen molar-refractivity contribution in [3.05, 3.63) is 82.7 Å². The third-order valence-electron chi connectivity index (χ3n) is 5.65. The molecular formula is C25H23N3O4. The topological polar surface area (TPSA) is 80.6 Å². The molecule has 1 aliphatic heterocycles. The van der Waals surface area contributed by atoms with Crippen LogP contribution >= 0.6 is 0 Å². The molecule has 4 rings (SSSR count). The number of amides is 4. The number of nitrogens with zero attached hydrogens (tertiary/aromatic N) is 2. The van der Waals surface area contributed by atoms with E-state index in [0.717, 1.165) is 33.2 Å². The molecule has 162 valence electrons. The van der Waals surface area contributed by atoms with Gasteiger partial charge < -0.3 is 9.30 Å². The first kappa shape index (κ1) is 21.1. The average molecular weight is 429 g/mol. The zero-order valence-corrected chi connectivity index (χ0v) is 18.3. The average Bonchev–Trinajstić information content (AvgIpc) is 3.14. The molecule has 0 saturated carbocycles. The number of imide groups is 2. The maximum absolute atomic E-state index is 13.3. The number of aromatic nitrogens is 1. The minimum Gasteiger partial charge on any atom is -0.497 e. The number of ether oxygens (including phenoxy) is 1. The Morgan fingerprint density at radius 2 is 1.62 bits per heavy atom. The molecule has 0 aliphatic carbocycles. The van der Waals surface area contributed by atoms with Gasteiger partial charge in [-0.15, -0.1) is 0 Å². The summed E-state index contributed by atoms with van der Waals surface area (Å²) in [6, 6.07) is 15.8. The quantitative estimate of drug-likeness (QED) is 0.501. The summed E-state index contributed by atoms with van der Waals surface area (Å²) >= 11 is 0. The molecule has 2 aromatic carbocycles. The summed E-state index contributed by atoms with van der Waals surface area (Å²) < 4.78 is 7.14. The molecule has 32 heavy (non-hydrogen) atoms. The zero-order valence-electron chi connectivity index (χ0n) is 18.3. The van der Waals surface area contributed by atoms with E-state index >= 15 is 0 Å². The van der Waals surface area contributed by atoms with Crippen LogP contribution in [0.25, 0.3) is 11.8 Å². The highest BCUT2D eigenvalue weighted by Gasteiger charge is 2.37. The number of carbonyl (C=O) groups is 3. The third kappa shape index (κ3) is 3.58. The molecule has 0 atom stereocenters. The predicted molar refractivity (Wildman–Crippen MR) is 122 cm³/mol. The summed E-state index contributed by atoms with van der Waals surface area (Å²) in [6.45, 7) is 5.67. The van der Waals surface area contributed by atoms with E-state index < -0.39 is 17.8 Å². The second kappa shape index (κ2) is 8.19. The first-order valence-electron chi connectivity index (χ1n) is 10.1. The van der Waals surface area contributed by atoms with Gasteiger partial charge in [-0.1, -0.05) is 12.1 Å². The van der Waals surface area contributed by atoms with Crippen molar-refractivity contribution in [3.63, 3.8) is 0 Å². The van der Waals surface area contributed by atoms with Crippen LogP contribution in [0.2, 0.25) is 0 Å². The van der Waals surface area contributed by atoms with Crippen LogP contribution in [0.15, 0.2) is 60.2 Å². The fraction of sp³-hybridized carbons (Fsp3) is 0.160. The summed E-state index contributed by atoms with van der Waals surface area (Å²) in [5.74, 6) is -0.655. The van der Waals surface area contributed by atoms with Gasteiger partial charge in [0.05, 0.1) is 12.8 Å². The number of rotatable bonds is 4. The molecule has 0 spiro atoms. The number of hydrogen-bond acceptors (Lipinski definition) is 4. The summed E-state index contributed by atoms with van der Waals surface area (Å²) in [6.07, 6.45) is 1.51. The summed E-state index contributed by atoms with van der Waals surface area (Å²) in [5, 5.41) is 2.29. The molecule has 7 nitrogen and oxygen atoms in total. The van der Waals surface area contributed by atoms with Crippen molar-refractivity contribution in [2.45, 2.75) is 20.8 Å². The van der Waals surface area contributed by atoms with Crippen molar-refractivity contribution in [1.82, 2.24) is 9.88 Å². The van der Waals surface area contributed by atoms with Gasteiger partial charge in [-0.05, 0) is 80.4 Å². The Hall–Kier alpha value is -4.13. The van der Waals surface area contributed by atoms with E-state index in [4.69, 9.17) is 4.74 Å². The van der Waals surface area contributed by atoms with Crippen LogP contribution in [-0.4, -0.2) is 29.5 Å². The lowest BCUT2D eigenvalue weighted by Gasteiger charge is -2.28. The number of anilines is 1. The molecule has 1 aliphatic rings. The lowest BCUT2D eigenvalue weighted by molar-refractivity contribution is -0.122. The standard InChI is InChI=1S/C25H23N3O4/c1-15-6-5-7-22(17(15)3)28-24(30)21(23(29)26-25(28)31)14-19-9-8-16(2)27(19)18-10-12-20(32-4)13-11-18/h5-14H,1-4H3,(H,26,29,31)/b21-14+. The Kier molecular flexibility index (Phi) is 5.40. The van der Waals surface area contributed by atoms with E-state index in [1.54, 1.807) is 19.2 Å². The van der Waals surface area contributed by atoms with Crippen LogP contribution in [0.1, 0.15) is 22.5 Å². The molecule has 1 fully saturated rings. The first-order valence-corrected chi connectivity index (χ1v) is 10.1. The SMILES string of the molecule is COc1ccc(-n2c(C)ccc2/C=C2\C(=O)NC(=O)N(c3cccc(C)c3C)C2=O)cc1. The largest absolute Gasteiger partial charge is 0.497 e. The number of urea groups is 1. The molecule has 3 aromatic rings. The lowest BCUT2D eigenvalue weighted by atomic mass is 10.0. The minimum atomic E-state index is -0.757. The molecule has 1 N–H and O–H groups in total. The van der Waals surface area contributed by atoms with Crippen molar-refractivity contribution in [3.8, 4) is 11.4 Å². The number of benzene rings is 2. The summed E-state index contributed by atoms with van der Waals surface area (Å²) in [7, 11) is 1.60. The third-order valence-corrected chi connectivity index (χ3v) is 5.65. The van der Waals surface area contributed by atoms with Gasteiger partial charge in [-0.25, -0.2) is 9.69 Å². The van der Waals surface area contributed by atoms with E-state index in [1.165, 1.54) is 6.08 Å². The maximum atomic E-state index is 13.3. The van der Waals surface area contributed by atoms with Crippen molar-refractivity contribution in [2.24, 2.45) is 0 Å². The smallest absolute Gasteiger partial charge is 0.335 e. The van der Waals surface area contributed by atoms with Crippen LogP contribution in [0.3, 0.4) is 0 Å². The number of nitrogens with one attached hydrogen (secondary N) is 1. The number of methoxy groups -OCH3 is 1. The predicted octanol–water partition coefficient (Wildman–Crippen LogP) is 4.08. The molecule has 0 bridgehead atoms. The van der Waals surface area contributed by atoms with Gasteiger partial charge in [-0.2, -0.15) is 0 Å². The highest BCUT2D eigenvalue weighted by Crippen LogP contribution is 2.28. The Labute approximate surface area is 185 Å². The second-order valence-electron chi connectivity index (χ2n) is 7.61. The lowest BCUT2D eigenvalue weighted by Crippen LogP contribution is -2.54. The molecule has 0 radical (unpaired) electrons. The van der Waals surface area contributed by atoms with Gasteiger partial charge in [0.1, 0.15) is 11.3 Å². The summed E-state index contributed by atoms with van der Waals surface area (Å²) in [5.41, 5.74) is 4.49. The first-order chi connectivity index (χ1) is 15.3. The van der Waals surface area contributed by atoms with Crippen molar-refractivity contribution in [2.75, 3.05) is 12.0 Å². The number of barbiturate groups is 1. The van der Waals surface area contributed by atoms with Crippen molar-refractivity contribution >= 4 is 29.6 Å². The Morgan fingerprint density at radius 1 is 0.906 bits per heavy atom. The van der Waals surface area contributed by atoms with E-state index in [9.17, 15) is 14.4 Å². The fourth-order valence-electron chi connectivity index (χ4n) is 3.76. The van der Waals surface area contributed by atoms with E-state index in [0.29, 0.717) is 11.4 Å². The zero-order chi connectivity index (χ0) is 23.0. The maximum Gasteiger partial charge on any atom is 0.335 e. The van der Waals surface area contributed by atoms with Gasteiger partial charge in [0, 0.05) is 17.1 Å². The number of aryl methyl sites for hydroxylation is 2. The van der Waals surface area contributed by atoms with Crippen LogP contribution in [-0.2, 0) is 9.59 Å². The molecule has 2 heterocycles. The molecule has 1 aromatic heterocycles. The monoisotopic (exact) mass is 429 g/mol. The molecule has 1 saturated heterocycles.